The molecule has 0 aromatic heterocycles. The summed E-state index contributed by atoms with van der Waals surface area (Å²) in [7, 11) is 0. The van der Waals surface area contributed by atoms with Gasteiger partial charge in [0, 0.05) is 0 Å². The molecule has 0 saturated carbocycles. The van der Waals surface area contributed by atoms with Crippen LogP contribution < -0.4 is 42.4 Å². The van der Waals surface area contributed by atoms with Gasteiger partial charge in [0.1, 0.15) is 0 Å². The van der Waals surface area contributed by atoms with Crippen LogP contribution in [-0.4, -0.2) is 44.9 Å². The fourth-order valence-corrected chi connectivity index (χ4v) is 7.21. The predicted molar refractivity (Wildman–Crippen MR) is 99.3 cm³/mol. The summed E-state index contributed by atoms with van der Waals surface area (Å²) in [6, 6.07) is 11.3. The first-order valence-corrected chi connectivity index (χ1v) is 15.3. The van der Waals surface area contributed by atoms with Crippen LogP contribution in [0.2, 0.25) is 0 Å². The Labute approximate surface area is 227 Å². The van der Waals surface area contributed by atoms with Crippen LogP contribution >= 0.6 is 0 Å². The Kier molecular flexibility index (Phi) is 10.3. The van der Waals surface area contributed by atoms with Crippen LogP contribution in [-0.2, 0) is 12.8 Å². The average molecular weight is 800 g/mol. The summed E-state index contributed by atoms with van der Waals surface area (Å²) in [6.07, 6.45) is -12.0. The molecule has 0 radical (unpaired) electrons. The van der Waals surface area contributed by atoms with Gasteiger partial charge in [0.15, 0.2) is 7.14 Å². The third-order valence-electron chi connectivity index (χ3n) is 4.94. The molecule has 0 bridgehead atoms. The largest absolute Gasteiger partial charge is 0.460 e. The number of benzene rings is 2. The standard InChI is InChI=1S/C22H16F14I2/c23-17(24,19(27,28)21(31,32)33)11-37-15-7-3-13(4-8-15)1-2-14-5-9-16(10-6-14)38-12-18(25,26)20(29,30)22(34,35)36/h3-10H,1-2,11-12H2/q+2. The van der Waals surface area contributed by atoms with Crippen LogP contribution in [0.5, 0.6) is 0 Å². The Morgan fingerprint density at radius 1 is 0.421 bits per heavy atom. The summed E-state index contributed by atoms with van der Waals surface area (Å²) >= 11 is -3.73. The first-order valence-electron chi connectivity index (χ1n) is 10.1. The van der Waals surface area contributed by atoms with Crippen molar-refractivity contribution in [1.29, 1.82) is 0 Å². The van der Waals surface area contributed by atoms with Crippen molar-refractivity contribution in [3.8, 4) is 0 Å². The molecule has 0 atom stereocenters. The van der Waals surface area contributed by atoms with Gasteiger partial charge in [-0.25, -0.2) is 0 Å². The molecule has 0 saturated heterocycles. The molecule has 0 spiro atoms. The lowest BCUT2D eigenvalue weighted by molar-refractivity contribution is -0.651. The third-order valence-corrected chi connectivity index (χ3v) is 10.8. The first-order chi connectivity index (χ1) is 17.1. The third kappa shape index (κ3) is 7.77. The number of alkyl halides is 16. The Balaban J connectivity index is 1.89. The molecule has 2 aromatic rings. The van der Waals surface area contributed by atoms with E-state index in [0.717, 1.165) is 0 Å². The molecule has 2 rings (SSSR count). The minimum atomic E-state index is -6.38. The lowest BCUT2D eigenvalue weighted by Crippen LogP contribution is -3.63. The highest BCUT2D eigenvalue weighted by atomic mass is 127. The molecule has 16 heteroatoms. The number of rotatable bonds is 11. The lowest BCUT2D eigenvalue weighted by atomic mass is 10.0. The molecule has 0 aliphatic rings. The molecule has 0 fully saturated rings. The smallest absolute Gasteiger partial charge is 0.195 e. The van der Waals surface area contributed by atoms with Crippen molar-refractivity contribution in [3.63, 3.8) is 0 Å². The van der Waals surface area contributed by atoms with Crippen LogP contribution in [0.25, 0.3) is 0 Å². The van der Waals surface area contributed by atoms with Crippen molar-refractivity contribution in [2.24, 2.45) is 0 Å². The van der Waals surface area contributed by atoms with Crippen LogP contribution in [0.3, 0.4) is 0 Å². The summed E-state index contributed by atoms with van der Waals surface area (Å²) in [5.41, 5.74) is 1.33. The zero-order valence-corrected chi connectivity index (χ0v) is 22.8. The molecule has 0 heterocycles. The van der Waals surface area contributed by atoms with E-state index in [0.29, 0.717) is 24.0 Å². The van der Waals surface area contributed by atoms with Gasteiger partial charge in [-0.3, -0.25) is 0 Å². The highest BCUT2D eigenvalue weighted by Crippen LogP contribution is 2.46. The normalized spacial score (nSPS) is 14.2. The maximum Gasteiger partial charge on any atom is 0.460 e. The molecule has 0 unspecified atom stereocenters. The van der Waals surface area contributed by atoms with Gasteiger partial charge in [-0.15, -0.1) is 0 Å². The Bertz CT molecular complexity index is 956. The predicted octanol–water partition coefficient (Wildman–Crippen LogP) is 1.65. The molecule has 214 valence electrons. The van der Waals surface area contributed by atoms with E-state index in [9.17, 15) is 61.5 Å². The molecule has 0 amide bonds. The van der Waals surface area contributed by atoms with Crippen LogP contribution in [0.15, 0.2) is 48.5 Å². The topological polar surface area (TPSA) is 0 Å². The number of hydrogen-bond acceptors (Lipinski definition) is 0. The van der Waals surface area contributed by atoms with E-state index in [4.69, 9.17) is 0 Å². The van der Waals surface area contributed by atoms with Gasteiger partial charge in [0.25, 0.3) is 0 Å². The van der Waals surface area contributed by atoms with Crippen molar-refractivity contribution >= 4 is 0 Å². The van der Waals surface area contributed by atoms with E-state index in [-0.39, 0.29) is 7.14 Å². The zero-order chi connectivity index (χ0) is 29.2. The van der Waals surface area contributed by atoms with Gasteiger partial charge >= 0.3 is 78.5 Å². The van der Waals surface area contributed by atoms with Crippen LogP contribution in [0, 0.1) is 7.14 Å². The Hall–Kier alpha value is -1.08. The van der Waals surface area contributed by atoms with Gasteiger partial charge in [-0.05, 0) is 48.2 Å². The maximum atomic E-state index is 13.4. The summed E-state index contributed by atoms with van der Waals surface area (Å²) in [5.74, 6) is -22.8. The SMILES string of the molecule is FC(F)(F)C(F)(F)C(F)(F)C[I+]c1ccc(CCc2ccc([I+]CC(F)(F)C(F)(F)C(F)(F)F)cc2)cc1. The molecule has 2 aromatic carbocycles. The fraction of sp³-hybridized carbons (Fsp3) is 0.455. The van der Waals surface area contributed by atoms with E-state index in [1.54, 1.807) is 0 Å². The average Bonchev–Trinajstić information content (AvgIpc) is 2.80. The minimum Gasteiger partial charge on any atom is -0.195 e. The highest BCUT2D eigenvalue weighted by Gasteiger charge is 2.75. The van der Waals surface area contributed by atoms with Gasteiger partial charge in [0.2, 0.25) is 8.86 Å². The fourth-order valence-electron chi connectivity index (χ4n) is 2.67. The first kappa shape index (κ1) is 33.1. The van der Waals surface area contributed by atoms with E-state index in [1.165, 1.54) is 48.5 Å². The quantitative estimate of drug-likeness (QED) is 0.185. The van der Waals surface area contributed by atoms with Crippen molar-refractivity contribution < 1.29 is 104 Å². The summed E-state index contributed by atoms with van der Waals surface area (Å²) in [4.78, 5) is 0. The van der Waals surface area contributed by atoms with Crippen molar-refractivity contribution in [1.82, 2.24) is 0 Å². The number of aryl methyl sites for hydroxylation is 2. The molecule has 38 heavy (non-hydrogen) atoms. The summed E-state index contributed by atoms with van der Waals surface area (Å²) in [5, 5.41) is 0. The summed E-state index contributed by atoms with van der Waals surface area (Å²) in [6.45, 7) is 0. The number of halogens is 16. The monoisotopic (exact) mass is 800 g/mol. The zero-order valence-electron chi connectivity index (χ0n) is 18.5. The van der Waals surface area contributed by atoms with E-state index in [1.807, 2.05) is 0 Å². The van der Waals surface area contributed by atoms with Crippen molar-refractivity contribution in [2.75, 3.05) is 8.86 Å². The van der Waals surface area contributed by atoms with E-state index >= 15 is 0 Å². The number of hydrogen-bond donors (Lipinski definition) is 0. The van der Waals surface area contributed by atoms with Gasteiger partial charge in [-0.1, -0.05) is 24.3 Å². The Morgan fingerprint density at radius 2 is 0.684 bits per heavy atom. The minimum absolute atomic E-state index is 0.214. The molecule has 0 aliphatic carbocycles. The lowest BCUT2D eigenvalue weighted by Gasteiger charge is -2.25. The van der Waals surface area contributed by atoms with Crippen molar-refractivity contribution in [2.45, 2.75) is 48.9 Å². The molecule has 0 N–H and O–H groups in total. The second-order valence-corrected chi connectivity index (χ2v) is 13.4. The molecule has 0 nitrogen and oxygen atoms in total. The van der Waals surface area contributed by atoms with Gasteiger partial charge < -0.3 is 0 Å². The second kappa shape index (κ2) is 11.8. The van der Waals surface area contributed by atoms with Crippen molar-refractivity contribution in [3.05, 3.63) is 66.8 Å². The molecular formula is C22H16F14I2+2. The van der Waals surface area contributed by atoms with Gasteiger partial charge in [0.05, 0.1) is 0 Å². The van der Waals surface area contributed by atoms with Crippen LogP contribution in [0.4, 0.5) is 61.5 Å². The van der Waals surface area contributed by atoms with Gasteiger partial charge in [-0.2, -0.15) is 61.5 Å². The summed E-state index contributed by atoms with van der Waals surface area (Å²) < 4.78 is 176. The Morgan fingerprint density at radius 3 is 0.921 bits per heavy atom. The molecular weight excluding hydrogens is 784 g/mol. The second-order valence-electron chi connectivity index (χ2n) is 7.84. The van der Waals surface area contributed by atoms with Crippen LogP contribution in [0.1, 0.15) is 11.1 Å². The highest BCUT2D eigenvalue weighted by molar-refractivity contribution is 5.19. The van der Waals surface area contributed by atoms with E-state index in [2.05, 4.69) is 0 Å². The van der Waals surface area contributed by atoms with E-state index < -0.39 is 87.3 Å². The molecule has 0 aliphatic heterocycles. The maximum absolute atomic E-state index is 13.4.